The first-order chi connectivity index (χ1) is 13.8. The normalized spacial score (nSPS) is 10.5. The van der Waals surface area contributed by atoms with Gasteiger partial charge in [-0.2, -0.15) is 4.98 Å². The van der Waals surface area contributed by atoms with Crippen LogP contribution in [0.2, 0.25) is 0 Å². The van der Waals surface area contributed by atoms with Gasteiger partial charge in [0.1, 0.15) is 11.3 Å². The van der Waals surface area contributed by atoms with Crippen molar-refractivity contribution in [3.63, 3.8) is 0 Å². The third-order valence-corrected chi connectivity index (χ3v) is 4.86. The number of thiocarbonyl (C=S) groups is 1. The van der Waals surface area contributed by atoms with Crippen LogP contribution < -0.4 is 20.7 Å². The van der Waals surface area contributed by atoms with Crippen molar-refractivity contribution in [1.29, 1.82) is 0 Å². The van der Waals surface area contributed by atoms with E-state index in [4.69, 9.17) is 21.4 Å². The molecule has 0 aliphatic heterocycles. The summed E-state index contributed by atoms with van der Waals surface area (Å²) >= 11 is 11.9. The summed E-state index contributed by atoms with van der Waals surface area (Å²) in [7, 11) is 1.47. The Labute approximate surface area is 187 Å². The Morgan fingerprint density at radius 1 is 1.17 bits per heavy atom. The fourth-order valence-corrected chi connectivity index (χ4v) is 4.06. The second-order valence-electron chi connectivity index (χ2n) is 5.76. The third kappa shape index (κ3) is 5.11. The van der Waals surface area contributed by atoms with Gasteiger partial charge in [-0.15, -0.1) is 0 Å². The number of ether oxygens (including phenoxy) is 1. The lowest BCUT2D eigenvalue weighted by Crippen LogP contribution is -2.34. The molecular weight excluding hydrogens is 528 g/mol. The van der Waals surface area contributed by atoms with Gasteiger partial charge in [-0.1, -0.05) is 15.9 Å². The van der Waals surface area contributed by atoms with Crippen molar-refractivity contribution < 1.29 is 18.7 Å². The molecule has 11 heteroatoms. The van der Waals surface area contributed by atoms with Gasteiger partial charge < -0.3 is 14.5 Å². The molecule has 3 N–H and O–H groups in total. The fourth-order valence-electron chi connectivity index (χ4n) is 2.49. The van der Waals surface area contributed by atoms with E-state index in [1.54, 1.807) is 30.3 Å². The Hall–Kier alpha value is -2.50. The van der Waals surface area contributed by atoms with Crippen molar-refractivity contribution in [2.75, 3.05) is 17.7 Å². The van der Waals surface area contributed by atoms with Crippen LogP contribution in [0, 0.1) is 0 Å². The number of hydrogen-bond acceptors (Lipinski definition) is 6. The zero-order chi connectivity index (χ0) is 21.1. The number of oxazole rings is 1. The standard InChI is InChI=1S/C18H14Br2N4O4S/c1-8(25)21-10-3-4-13-14(7-10)28-17(22-13)24-18(29)23-16(26)11-5-9(19)6-12(20)15(11)27-2/h3-7H,1-2H3,(H,21,25)(H2,22,23,24,26,29). The van der Waals surface area contributed by atoms with Gasteiger partial charge in [0.25, 0.3) is 5.91 Å². The van der Waals surface area contributed by atoms with Crippen LogP contribution in [0.1, 0.15) is 17.3 Å². The molecule has 8 nitrogen and oxygen atoms in total. The predicted molar refractivity (Wildman–Crippen MR) is 120 cm³/mol. The van der Waals surface area contributed by atoms with E-state index in [9.17, 15) is 9.59 Å². The smallest absolute Gasteiger partial charge is 0.302 e. The zero-order valence-corrected chi connectivity index (χ0v) is 19.1. The van der Waals surface area contributed by atoms with Crippen molar-refractivity contribution in [3.05, 3.63) is 44.8 Å². The minimum Gasteiger partial charge on any atom is -0.495 e. The summed E-state index contributed by atoms with van der Waals surface area (Å²) in [4.78, 5) is 28.0. The maximum Gasteiger partial charge on any atom is 0.302 e. The Morgan fingerprint density at radius 3 is 2.62 bits per heavy atom. The van der Waals surface area contributed by atoms with E-state index in [0.717, 1.165) is 0 Å². The van der Waals surface area contributed by atoms with E-state index in [-0.39, 0.29) is 22.6 Å². The summed E-state index contributed by atoms with van der Waals surface area (Å²) < 4.78 is 12.2. The van der Waals surface area contributed by atoms with Crippen LogP contribution >= 0.6 is 44.1 Å². The Bertz CT molecular complexity index is 1130. The summed E-state index contributed by atoms with van der Waals surface area (Å²) in [6.07, 6.45) is 0. The highest BCUT2D eigenvalue weighted by Gasteiger charge is 2.18. The number of carbonyl (C=O) groups is 2. The van der Waals surface area contributed by atoms with Crippen LogP contribution in [0.5, 0.6) is 5.75 Å². The maximum atomic E-state index is 12.6. The van der Waals surface area contributed by atoms with Crippen molar-refractivity contribution >= 4 is 83.8 Å². The van der Waals surface area contributed by atoms with Crippen molar-refractivity contribution in [3.8, 4) is 5.75 Å². The van der Waals surface area contributed by atoms with Crippen molar-refractivity contribution in [1.82, 2.24) is 10.3 Å². The molecule has 0 saturated heterocycles. The van der Waals surface area contributed by atoms with Gasteiger partial charge in [-0.3, -0.25) is 20.2 Å². The molecule has 150 valence electrons. The van der Waals surface area contributed by atoms with Crippen LogP contribution in [0.15, 0.2) is 43.7 Å². The Kier molecular flexibility index (Phi) is 6.50. The molecule has 0 atom stereocenters. The molecule has 29 heavy (non-hydrogen) atoms. The van der Waals surface area contributed by atoms with Gasteiger partial charge in [0.05, 0.1) is 17.1 Å². The highest BCUT2D eigenvalue weighted by Crippen LogP contribution is 2.32. The first kappa shape index (κ1) is 21.2. The summed E-state index contributed by atoms with van der Waals surface area (Å²) in [5.41, 5.74) is 1.88. The SMILES string of the molecule is COc1c(Br)cc(Br)cc1C(=O)NC(=S)Nc1nc2ccc(NC(C)=O)cc2o1. The number of nitrogens with zero attached hydrogens (tertiary/aromatic N) is 1. The van der Waals surface area contributed by atoms with E-state index >= 15 is 0 Å². The molecule has 0 radical (unpaired) electrons. The number of amides is 2. The van der Waals surface area contributed by atoms with Crippen LogP contribution in [-0.2, 0) is 4.79 Å². The fraction of sp³-hybridized carbons (Fsp3) is 0.111. The molecule has 3 rings (SSSR count). The summed E-state index contributed by atoms with van der Waals surface area (Å²) in [6.45, 7) is 1.41. The first-order valence-electron chi connectivity index (χ1n) is 8.10. The average molecular weight is 542 g/mol. The molecule has 0 bridgehead atoms. The van der Waals surface area contributed by atoms with E-state index in [1.165, 1.54) is 14.0 Å². The minimum absolute atomic E-state index is 0.00166. The van der Waals surface area contributed by atoms with Gasteiger partial charge in [0.2, 0.25) is 5.91 Å². The van der Waals surface area contributed by atoms with Gasteiger partial charge >= 0.3 is 6.01 Å². The number of halogens is 2. The molecule has 0 aliphatic rings. The van der Waals surface area contributed by atoms with Gasteiger partial charge in [-0.05, 0) is 52.4 Å². The number of nitrogens with one attached hydrogen (secondary N) is 3. The lowest BCUT2D eigenvalue weighted by Gasteiger charge is -2.12. The third-order valence-electron chi connectivity index (χ3n) is 3.61. The van der Waals surface area contributed by atoms with E-state index < -0.39 is 5.91 Å². The van der Waals surface area contributed by atoms with Crippen LogP contribution in [0.3, 0.4) is 0 Å². The van der Waals surface area contributed by atoms with Gasteiger partial charge in [-0.25, -0.2) is 0 Å². The van der Waals surface area contributed by atoms with Crippen molar-refractivity contribution in [2.45, 2.75) is 6.92 Å². The number of benzene rings is 2. The van der Waals surface area contributed by atoms with E-state index in [1.807, 2.05) is 0 Å². The molecule has 1 aromatic heterocycles. The molecule has 0 unspecified atom stereocenters. The quantitative estimate of drug-likeness (QED) is 0.419. The summed E-state index contributed by atoms with van der Waals surface area (Å²) in [6, 6.07) is 8.52. The molecule has 0 aliphatic carbocycles. The number of fused-ring (bicyclic) bond motifs is 1. The van der Waals surface area contributed by atoms with Crippen molar-refractivity contribution in [2.24, 2.45) is 0 Å². The highest BCUT2D eigenvalue weighted by atomic mass is 79.9. The number of carbonyl (C=O) groups excluding carboxylic acids is 2. The van der Waals surface area contributed by atoms with Crippen LogP contribution in [-0.4, -0.2) is 29.0 Å². The number of aromatic nitrogens is 1. The van der Waals surface area contributed by atoms with Gasteiger partial charge in [0, 0.05) is 23.2 Å². The van der Waals surface area contributed by atoms with Crippen LogP contribution in [0.25, 0.3) is 11.1 Å². The van der Waals surface area contributed by atoms with Gasteiger partial charge in [0.15, 0.2) is 10.7 Å². The number of hydrogen-bond donors (Lipinski definition) is 3. The molecule has 0 fully saturated rings. The largest absolute Gasteiger partial charge is 0.495 e. The minimum atomic E-state index is -0.467. The summed E-state index contributed by atoms with van der Waals surface area (Å²) in [5.74, 6) is -0.285. The zero-order valence-electron chi connectivity index (χ0n) is 15.1. The lowest BCUT2D eigenvalue weighted by atomic mass is 10.2. The molecule has 2 amide bonds. The molecule has 1 heterocycles. The molecule has 3 aromatic rings. The highest BCUT2D eigenvalue weighted by molar-refractivity contribution is 9.11. The monoisotopic (exact) mass is 540 g/mol. The number of rotatable bonds is 4. The molecule has 0 spiro atoms. The maximum absolute atomic E-state index is 12.6. The lowest BCUT2D eigenvalue weighted by molar-refractivity contribution is -0.114. The Balaban J connectivity index is 1.74. The predicted octanol–water partition coefficient (Wildman–Crippen LogP) is 4.45. The average Bonchev–Trinajstić information content (AvgIpc) is 3.01. The summed E-state index contributed by atoms with van der Waals surface area (Å²) in [5, 5.41) is 7.95. The van der Waals surface area contributed by atoms with E-state index in [0.29, 0.717) is 31.5 Å². The molecule has 0 saturated carbocycles. The topological polar surface area (TPSA) is 105 Å². The first-order valence-corrected chi connectivity index (χ1v) is 10.1. The number of anilines is 2. The molecule has 2 aromatic carbocycles. The second kappa shape index (κ2) is 8.89. The Morgan fingerprint density at radius 2 is 1.93 bits per heavy atom. The number of methoxy groups -OCH3 is 1. The van der Waals surface area contributed by atoms with E-state index in [2.05, 4.69) is 52.8 Å². The second-order valence-corrected chi connectivity index (χ2v) is 7.94. The van der Waals surface area contributed by atoms with Crippen LogP contribution in [0.4, 0.5) is 11.7 Å². The molecular formula is C18H14Br2N4O4S.